The number of aryl methyl sites for hydroxylation is 1. The Labute approximate surface area is 119 Å². The number of hydrogen-bond acceptors (Lipinski definition) is 2. The average Bonchev–Trinajstić information content (AvgIpc) is 2.33. The van der Waals surface area contributed by atoms with Crippen LogP contribution in [-0.4, -0.2) is 9.97 Å². The third-order valence-electron chi connectivity index (χ3n) is 2.99. The molecule has 0 aliphatic heterocycles. The van der Waals surface area contributed by atoms with Crippen molar-refractivity contribution in [1.82, 2.24) is 9.97 Å². The van der Waals surface area contributed by atoms with E-state index in [1.165, 1.54) is 0 Å². The van der Waals surface area contributed by atoms with Gasteiger partial charge in [0, 0.05) is 16.8 Å². The zero-order valence-electron chi connectivity index (χ0n) is 11.2. The molecule has 0 bridgehead atoms. The van der Waals surface area contributed by atoms with Crippen LogP contribution in [0.5, 0.6) is 0 Å². The van der Waals surface area contributed by atoms with Gasteiger partial charge < -0.3 is 4.98 Å². The molecule has 2 rings (SSSR count). The fourth-order valence-electron chi connectivity index (χ4n) is 2.10. The highest BCUT2D eigenvalue weighted by Gasteiger charge is 2.15. The highest BCUT2D eigenvalue weighted by molar-refractivity contribution is 7.71. The smallest absolute Gasteiger partial charge is 0.194 e. The molecule has 0 saturated carbocycles. The van der Waals surface area contributed by atoms with Crippen LogP contribution in [-0.2, 0) is 0 Å². The molecule has 0 atom stereocenters. The first-order chi connectivity index (χ1) is 9.31. The summed E-state index contributed by atoms with van der Waals surface area (Å²) in [4.78, 5) is 7.10. The maximum Gasteiger partial charge on any atom is 0.194 e. The van der Waals surface area contributed by atoms with Crippen LogP contribution < -0.4 is 0 Å². The van der Waals surface area contributed by atoms with E-state index in [4.69, 9.17) is 12.2 Å². The van der Waals surface area contributed by atoms with Gasteiger partial charge in [0.25, 0.3) is 0 Å². The first-order valence-electron chi connectivity index (χ1n) is 6.07. The van der Waals surface area contributed by atoms with Gasteiger partial charge in [-0.25, -0.2) is 18.2 Å². The highest BCUT2D eigenvalue weighted by Crippen LogP contribution is 2.24. The van der Waals surface area contributed by atoms with Crippen molar-refractivity contribution < 1.29 is 13.2 Å². The largest absolute Gasteiger partial charge is 0.343 e. The lowest BCUT2D eigenvalue weighted by atomic mass is 10.0. The van der Waals surface area contributed by atoms with Gasteiger partial charge in [0.05, 0.1) is 0 Å². The van der Waals surface area contributed by atoms with Gasteiger partial charge >= 0.3 is 0 Å². The molecule has 6 heteroatoms. The molecule has 0 aliphatic carbocycles. The maximum absolute atomic E-state index is 13.3. The predicted molar refractivity (Wildman–Crippen MR) is 73.6 cm³/mol. The molecule has 0 fully saturated rings. The van der Waals surface area contributed by atoms with Crippen LogP contribution in [0.3, 0.4) is 0 Å². The molecule has 0 saturated heterocycles. The number of rotatable bonds is 2. The van der Waals surface area contributed by atoms with Crippen LogP contribution in [0, 0.1) is 29.0 Å². The first kappa shape index (κ1) is 14.7. The maximum atomic E-state index is 13.3. The average molecular weight is 298 g/mol. The van der Waals surface area contributed by atoms with Crippen molar-refractivity contribution in [1.29, 1.82) is 0 Å². The van der Waals surface area contributed by atoms with E-state index in [1.54, 1.807) is 0 Å². The lowest BCUT2D eigenvalue weighted by molar-refractivity contribution is 0.447. The number of aromatic amines is 1. The molecule has 2 nitrogen and oxygen atoms in total. The van der Waals surface area contributed by atoms with Crippen LogP contribution in [0.2, 0.25) is 0 Å². The zero-order valence-corrected chi connectivity index (χ0v) is 12.0. The van der Waals surface area contributed by atoms with E-state index in [9.17, 15) is 13.2 Å². The normalized spacial score (nSPS) is 11.2. The monoisotopic (exact) mass is 298 g/mol. The fourth-order valence-corrected chi connectivity index (χ4v) is 2.58. The number of aromatic nitrogens is 2. The van der Waals surface area contributed by atoms with Crippen molar-refractivity contribution in [3.63, 3.8) is 0 Å². The molecule has 0 radical (unpaired) electrons. The Bertz CT molecular complexity index is 700. The minimum Gasteiger partial charge on any atom is -0.343 e. The Morgan fingerprint density at radius 2 is 1.70 bits per heavy atom. The number of benzene rings is 1. The van der Waals surface area contributed by atoms with E-state index in [1.807, 2.05) is 20.8 Å². The van der Waals surface area contributed by atoms with Gasteiger partial charge in [-0.15, -0.1) is 0 Å². The topological polar surface area (TPSA) is 28.7 Å². The van der Waals surface area contributed by atoms with Gasteiger partial charge in [-0.1, -0.05) is 26.1 Å². The van der Waals surface area contributed by atoms with E-state index in [2.05, 4.69) is 9.97 Å². The summed E-state index contributed by atoms with van der Waals surface area (Å²) in [7, 11) is 0. The van der Waals surface area contributed by atoms with E-state index in [0.717, 1.165) is 23.4 Å². The Hall–Kier alpha value is -1.69. The van der Waals surface area contributed by atoms with Crippen molar-refractivity contribution in [3.8, 4) is 11.4 Å². The van der Waals surface area contributed by atoms with Crippen molar-refractivity contribution in [2.45, 2.75) is 26.7 Å². The zero-order chi connectivity index (χ0) is 15.0. The van der Waals surface area contributed by atoms with Crippen molar-refractivity contribution >= 4 is 12.2 Å². The molecule has 0 spiro atoms. The third-order valence-corrected chi connectivity index (χ3v) is 3.30. The Morgan fingerprint density at radius 3 is 2.15 bits per heavy atom. The lowest BCUT2D eigenvalue weighted by Gasteiger charge is -2.12. The molecule has 0 amide bonds. The predicted octanol–water partition coefficient (Wildman–Crippen LogP) is 4.66. The van der Waals surface area contributed by atoms with Crippen molar-refractivity contribution in [2.75, 3.05) is 0 Å². The molecule has 1 N–H and O–H groups in total. The minimum atomic E-state index is -1.50. The Balaban J connectivity index is 2.63. The first-order valence-corrected chi connectivity index (χ1v) is 6.47. The summed E-state index contributed by atoms with van der Waals surface area (Å²) in [5.41, 5.74) is 1.78. The van der Waals surface area contributed by atoms with Crippen LogP contribution in [0.1, 0.15) is 31.0 Å². The molecule has 1 aromatic heterocycles. The van der Waals surface area contributed by atoms with Gasteiger partial charge in [0.2, 0.25) is 0 Å². The number of halogens is 3. The number of hydrogen-bond donors (Lipinski definition) is 1. The molecule has 1 heterocycles. The van der Waals surface area contributed by atoms with Gasteiger partial charge in [-0.3, -0.25) is 0 Å². The fraction of sp³-hybridized carbons (Fsp3) is 0.286. The third kappa shape index (κ3) is 2.60. The van der Waals surface area contributed by atoms with E-state index in [-0.39, 0.29) is 17.3 Å². The van der Waals surface area contributed by atoms with Gasteiger partial charge in [-0.05, 0) is 25.0 Å². The minimum absolute atomic E-state index is 0.117. The standard InChI is InChI=1S/C14H13F3N2S/c1-6(2)11-7(3)18-13(19-14(11)20)8-4-9(15)12(17)10(16)5-8/h4-6H,1-3H3,(H,18,19,20). The van der Waals surface area contributed by atoms with E-state index < -0.39 is 17.5 Å². The highest BCUT2D eigenvalue weighted by atomic mass is 32.1. The SMILES string of the molecule is Cc1[nH]c(-c2cc(F)c(F)c(F)c2)nc(=S)c1C(C)C. The molecule has 106 valence electrons. The van der Waals surface area contributed by atoms with Crippen LogP contribution in [0.4, 0.5) is 13.2 Å². The summed E-state index contributed by atoms with van der Waals surface area (Å²) in [6.07, 6.45) is 0. The summed E-state index contributed by atoms with van der Waals surface area (Å²) in [5, 5.41) is 0. The Kier molecular flexibility index (Phi) is 3.94. The number of H-pyrrole nitrogens is 1. The van der Waals surface area contributed by atoms with Crippen molar-refractivity contribution in [3.05, 3.63) is 45.5 Å². The summed E-state index contributed by atoms with van der Waals surface area (Å²) < 4.78 is 39.8. The second kappa shape index (κ2) is 5.36. The van der Waals surface area contributed by atoms with Gasteiger partial charge in [0.15, 0.2) is 17.5 Å². The summed E-state index contributed by atoms with van der Waals surface area (Å²) >= 11 is 5.20. The molecular weight excluding hydrogens is 285 g/mol. The van der Waals surface area contributed by atoms with Crippen molar-refractivity contribution in [2.24, 2.45) is 0 Å². The molecule has 0 unspecified atom stereocenters. The molecule has 1 aromatic carbocycles. The molecule has 2 aromatic rings. The molecular formula is C14H13F3N2S. The number of nitrogens with zero attached hydrogens (tertiary/aromatic N) is 1. The van der Waals surface area contributed by atoms with Gasteiger partial charge in [0.1, 0.15) is 10.5 Å². The second-order valence-electron chi connectivity index (χ2n) is 4.84. The van der Waals surface area contributed by atoms with Gasteiger partial charge in [-0.2, -0.15) is 0 Å². The Morgan fingerprint density at radius 1 is 1.15 bits per heavy atom. The summed E-state index contributed by atoms with van der Waals surface area (Å²) in [6, 6.07) is 1.78. The van der Waals surface area contributed by atoms with E-state index in [0.29, 0.717) is 4.64 Å². The summed E-state index contributed by atoms with van der Waals surface area (Å²) in [5.74, 6) is -3.61. The number of nitrogens with one attached hydrogen (secondary N) is 1. The summed E-state index contributed by atoms with van der Waals surface area (Å²) in [6.45, 7) is 5.77. The molecule has 20 heavy (non-hydrogen) atoms. The quantitative estimate of drug-likeness (QED) is 0.645. The lowest BCUT2D eigenvalue weighted by Crippen LogP contribution is -2.02. The van der Waals surface area contributed by atoms with Crippen LogP contribution >= 0.6 is 12.2 Å². The molecule has 0 aliphatic rings. The van der Waals surface area contributed by atoms with E-state index >= 15 is 0 Å². The van der Waals surface area contributed by atoms with Crippen LogP contribution in [0.25, 0.3) is 11.4 Å². The van der Waals surface area contributed by atoms with Crippen LogP contribution in [0.15, 0.2) is 12.1 Å². The second-order valence-corrected chi connectivity index (χ2v) is 5.22.